The van der Waals surface area contributed by atoms with Crippen LogP contribution in [0.25, 0.3) is 6.08 Å². The molecule has 2 rings (SSSR count). The van der Waals surface area contributed by atoms with E-state index in [0.717, 1.165) is 17.4 Å². The average Bonchev–Trinajstić information content (AvgIpc) is 3.04. The summed E-state index contributed by atoms with van der Waals surface area (Å²) >= 11 is 1.27. The van der Waals surface area contributed by atoms with Gasteiger partial charge in [-0.25, -0.2) is 4.79 Å². The van der Waals surface area contributed by atoms with Gasteiger partial charge in [0.1, 0.15) is 0 Å². The van der Waals surface area contributed by atoms with Gasteiger partial charge in [0.05, 0.1) is 4.88 Å². The molecule has 0 aromatic carbocycles. The summed E-state index contributed by atoms with van der Waals surface area (Å²) in [5.74, 6) is -0.877. The largest absolute Gasteiger partial charge is 0.478 e. The predicted molar refractivity (Wildman–Crippen MR) is 72.1 cm³/mol. The molecule has 1 fully saturated rings. The van der Waals surface area contributed by atoms with E-state index in [1.54, 1.807) is 17.0 Å². The van der Waals surface area contributed by atoms with Crippen molar-refractivity contribution in [2.24, 2.45) is 5.92 Å². The van der Waals surface area contributed by atoms with Crippen molar-refractivity contribution in [2.75, 3.05) is 19.7 Å². The molecule has 5 nitrogen and oxygen atoms in total. The van der Waals surface area contributed by atoms with Crippen LogP contribution in [0.2, 0.25) is 0 Å². The smallest absolute Gasteiger partial charge is 0.328 e. The van der Waals surface area contributed by atoms with Gasteiger partial charge in [-0.3, -0.25) is 4.79 Å². The van der Waals surface area contributed by atoms with Gasteiger partial charge in [-0.1, -0.05) is 0 Å². The molecular formula is C13H15NO4S. The summed E-state index contributed by atoms with van der Waals surface area (Å²) in [5.41, 5.74) is 0. The summed E-state index contributed by atoms with van der Waals surface area (Å²) in [6.45, 7) is 1.37. The van der Waals surface area contributed by atoms with Gasteiger partial charge >= 0.3 is 5.97 Å². The molecule has 0 spiro atoms. The van der Waals surface area contributed by atoms with Gasteiger partial charge in [0.2, 0.25) is 0 Å². The molecule has 102 valence electrons. The lowest BCUT2D eigenvalue weighted by atomic mass is 10.1. The highest BCUT2D eigenvalue weighted by molar-refractivity contribution is 7.14. The summed E-state index contributed by atoms with van der Waals surface area (Å²) in [7, 11) is 0. The van der Waals surface area contributed by atoms with Gasteiger partial charge in [0.15, 0.2) is 0 Å². The molecular weight excluding hydrogens is 266 g/mol. The molecule has 0 radical (unpaired) electrons. The molecule has 1 atom stereocenters. The molecule has 6 heteroatoms. The number of hydrogen-bond donors (Lipinski definition) is 2. The van der Waals surface area contributed by atoms with Crippen LogP contribution in [-0.2, 0) is 4.79 Å². The number of carboxylic acids is 1. The number of thiophene rings is 1. The zero-order valence-corrected chi connectivity index (χ0v) is 11.1. The summed E-state index contributed by atoms with van der Waals surface area (Å²) in [6.07, 6.45) is 3.36. The summed E-state index contributed by atoms with van der Waals surface area (Å²) in [6, 6.07) is 3.44. The summed E-state index contributed by atoms with van der Waals surface area (Å²) in [5, 5.41) is 17.6. The van der Waals surface area contributed by atoms with Gasteiger partial charge in [0, 0.05) is 36.6 Å². The molecule has 1 saturated heterocycles. The number of likely N-dealkylation sites (tertiary alicyclic amines) is 1. The van der Waals surface area contributed by atoms with E-state index in [-0.39, 0.29) is 18.4 Å². The first-order chi connectivity index (χ1) is 9.10. The van der Waals surface area contributed by atoms with Gasteiger partial charge in [-0.2, -0.15) is 0 Å². The first-order valence-corrected chi connectivity index (χ1v) is 6.83. The molecule has 2 heterocycles. The third kappa shape index (κ3) is 3.42. The first-order valence-electron chi connectivity index (χ1n) is 6.01. The number of carbonyl (C=O) groups is 2. The molecule has 1 aromatic rings. The van der Waals surface area contributed by atoms with Gasteiger partial charge in [-0.05, 0) is 24.6 Å². The molecule has 1 aliphatic heterocycles. The maximum atomic E-state index is 12.2. The monoisotopic (exact) mass is 281 g/mol. The van der Waals surface area contributed by atoms with E-state index >= 15 is 0 Å². The minimum absolute atomic E-state index is 0.0454. The highest BCUT2D eigenvalue weighted by Gasteiger charge is 2.26. The zero-order valence-electron chi connectivity index (χ0n) is 10.3. The average molecular weight is 281 g/mol. The van der Waals surface area contributed by atoms with Crippen LogP contribution in [0.1, 0.15) is 21.0 Å². The van der Waals surface area contributed by atoms with E-state index < -0.39 is 5.97 Å². The van der Waals surface area contributed by atoms with E-state index in [9.17, 15) is 9.59 Å². The second kappa shape index (κ2) is 5.99. The molecule has 1 aromatic heterocycles. The van der Waals surface area contributed by atoms with Gasteiger partial charge < -0.3 is 15.1 Å². The zero-order chi connectivity index (χ0) is 13.8. The maximum absolute atomic E-state index is 12.2. The number of aliphatic hydroxyl groups is 1. The fourth-order valence-corrected chi connectivity index (χ4v) is 2.91. The standard InChI is InChI=1S/C13H15NO4S/c15-8-9-5-6-14(7-9)13(18)11-3-1-10(19-11)2-4-12(16)17/h1-4,9,15H,5-8H2,(H,16,17)/b4-2+. The van der Waals surface area contributed by atoms with E-state index in [1.807, 2.05) is 0 Å². The van der Waals surface area contributed by atoms with Crippen molar-refractivity contribution in [2.45, 2.75) is 6.42 Å². The summed E-state index contributed by atoms with van der Waals surface area (Å²) < 4.78 is 0. The Morgan fingerprint density at radius 3 is 2.89 bits per heavy atom. The molecule has 1 aliphatic rings. The first kappa shape index (κ1) is 13.8. The van der Waals surface area contributed by atoms with Gasteiger partial charge in [-0.15, -0.1) is 11.3 Å². The van der Waals surface area contributed by atoms with Crippen molar-refractivity contribution < 1.29 is 19.8 Å². The molecule has 1 unspecified atom stereocenters. The predicted octanol–water partition coefficient (Wildman–Crippen LogP) is 1.30. The Morgan fingerprint density at radius 2 is 2.26 bits per heavy atom. The second-order valence-electron chi connectivity index (χ2n) is 4.46. The van der Waals surface area contributed by atoms with Crippen LogP contribution in [0, 0.1) is 5.92 Å². The number of carbonyl (C=O) groups excluding carboxylic acids is 1. The van der Waals surface area contributed by atoms with Crippen LogP contribution >= 0.6 is 11.3 Å². The number of rotatable bonds is 4. The SMILES string of the molecule is O=C(O)/C=C/c1ccc(C(=O)N2CCC(CO)C2)s1. The van der Waals surface area contributed by atoms with Crippen molar-refractivity contribution in [3.63, 3.8) is 0 Å². The molecule has 19 heavy (non-hydrogen) atoms. The Kier molecular flexibility index (Phi) is 4.34. The molecule has 0 saturated carbocycles. The lowest BCUT2D eigenvalue weighted by Crippen LogP contribution is -2.28. The minimum atomic E-state index is -1.01. The van der Waals surface area contributed by atoms with E-state index in [1.165, 1.54) is 17.4 Å². The molecule has 1 amide bonds. The Labute approximate surface area is 114 Å². The molecule has 2 N–H and O–H groups in total. The second-order valence-corrected chi connectivity index (χ2v) is 5.58. The van der Waals surface area contributed by atoms with Crippen molar-refractivity contribution in [1.29, 1.82) is 0 Å². The van der Waals surface area contributed by atoms with Crippen LogP contribution in [-0.4, -0.2) is 46.7 Å². The molecule has 0 bridgehead atoms. The van der Waals surface area contributed by atoms with E-state index in [4.69, 9.17) is 10.2 Å². The van der Waals surface area contributed by atoms with Crippen molar-refractivity contribution >= 4 is 29.3 Å². The van der Waals surface area contributed by atoms with Gasteiger partial charge in [0.25, 0.3) is 5.91 Å². The van der Waals surface area contributed by atoms with Crippen LogP contribution in [0.3, 0.4) is 0 Å². The number of nitrogens with zero attached hydrogens (tertiary/aromatic N) is 1. The number of amides is 1. The van der Waals surface area contributed by atoms with Crippen LogP contribution in [0.4, 0.5) is 0 Å². The van der Waals surface area contributed by atoms with Crippen LogP contribution < -0.4 is 0 Å². The Hall–Kier alpha value is -1.66. The number of carboxylic acid groups (broad SMARTS) is 1. The topological polar surface area (TPSA) is 77.8 Å². The Balaban J connectivity index is 2.02. The highest BCUT2D eigenvalue weighted by atomic mass is 32.1. The Bertz CT molecular complexity index is 508. The lowest BCUT2D eigenvalue weighted by Gasteiger charge is -2.14. The van der Waals surface area contributed by atoms with Crippen LogP contribution in [0.5, 0.6) is 0 Å². The van der Waals surface area contributed by atoms with Crippen molar-refractivity contribution in [1.82, 2.24) is 4.90 Å². The number of aliphatic carboxylic acids is 1. The lowest BCUT2D eigenvalue weighted by molar-refractivity contribution is -0.131. The van der Waals surface area contributed by atoms with E-state index in [0.29, 0.717) is 18.0 Å². The maximum Gasteiger partial charge on any atom is 0.328 e. The quantitative estimate of drug-likeness (QED) is 0.815. The fourth-order valence-electron chi connectivity index (χ4n) is 2.03. The van der Waals surface area contributed by atoms with Crippen molar-refractivity contribution in [3.8, 4) is 0 Å². The van der Waals surface area contributed by atoms with E-state index in [2.05, 4.69) is 0 Å². The minimum Gasteiger partial charge on any atom is -0.478 e. The van der Waals surface area contributed by atoms with Crippen LogP contribution in [0.15, 0.2) is 18.2 Å². The number of aliphatic hydroxyl groups excluding tert-OH is 1. The number of hydrogen-bond acceptors (Lipinski definition) is 4. The normalized spacial score (nSPS) is 19.2. The fraction of sp³-hybridized carbons (Fsp3) is 0.385. The third-order valence-corrected chi connectivity index (χ3v) is 4.10. The van der Waals surface area contributed by atoms with Crippen molar-refractivity contribution in [3.05, 3.63) is 28.0 Å². The highest BCUT2D eigenvalue weighted by Crippen LogP contribution is 2.23. The Morgan fingerprint density at radius 1 is 1.47 bits per heavy atom. The summed E-state index contributed by atoms with van der Waals surface area (Å²) in [4.78, 5) is 25.7. The molecule has 0 aliphatic carbocycles. The third-order valence-electron chi connectivity index (χ3n) is 3.06.